The molecule has 2 amide bonds. The Hall–Kier alpha value is -2.87. The maximum atomic E-state index is 12.5. The fourth-order valence-corrected chi connectivity index (χ4v) is 3.47. The number of benzene rings is 1. The van der Waals surface area contributed by atoms with Gasteiger partial charge in [-0.1, -0.05) is 6.07 Å². The fourth-order valence-electron chi connectivity index (χ4n) is 3.47. The first kappa shape index (κ1) is 17.5. The minimum Gasteiger partial charge on any atom is -0.447 e. The number of nitrogens with zero attached hydrogens (tertiary/aromatic N) is 3. The number of amides is 2. The molecular weight excluding hydrogens is 348 g/mol. The van der Waals surface area contributed by atoms with Crippen molar-refractivity contribution in [3.05, 3.63) is 41.7 Å². The van der Waals surface area contributed by atoms with Gasteiger partial charge in [0.2, 0.25) is 5.91 Å². The zero-order chi connectivity index (χ0) is 18.8. The highest BCUT2D eigenvalue weighted by molar-refractivity contribution is 5.95. The number of carbonyl (C=O) groups is 2. The van der Waals surface area contributed by atoms with Crippen LogP contribution in [0.5, 0.6) is 0 Å². The monoisotopic (exact) mass is 370 g/mol. The van der Waals surface area contributed by atoms with Crippen LogP contribution in [0, 0.1) is 6.92 Å². The third-order valence-electron chi connectivity index (χ3n) is 4.99. The third kappa shape index (κ3) is 3.66. The summed E-state index contributed by atoms with van der Waals surface area (Å²) in [5, 5.41) is 7.20. The summed E-state index contributed by atoms with van der Waals surface area (Å²) in [7, 11) is 0. The van der Waals surface area contributed by atoms with Gasteiger partial charge in [0.25, 0.3) is 0 Å². The van der Waals surface area contributed by atoms with Crippen molar-refractivity contribution in [3.63, 3.8) is 0 Å². The zero-order valence-electron chi connectivity index (χ0n) is 15.2. The minimum atomic E-state index is -0.360. The summed E-state index contributed by atoms with van der Waals surface area (Å²) in [6.45, 7) is 4.38. The van der Waals surface area contributed by atoms with Gasteiger partial charge in [0.05, 0.1) is 25.0 Å². The number of cyclic esters (lactones) is 1. The summed E-state index contributed by atoms with van der Waals surface area (Å²) in [4.78, 5) is 25.8. The number of nitrogens with one attached hydrogen (secondary N) is 1. The van der Waals surface area contributed by atoms with Gasteiger partial charge in [0.1, 0.15) is 13.2 Å². The van der Waals surface area contributed by atoms with Crippen LogP contribution in [-0.2, 0) is 20.8 Å². The highest BCUT2D eigenvalue weighted by atomic mass is 16.6. The smallest absolute Gasteiger partial charge is 0.414 e. The van der Waals surface area contributed by atoms with Crippen molar-refractivity contribution in [2.75, 3.05) is 36.6 Å². The van der Waals surface area contributed by atoms with Crippen molar-refractivity contribution in [1.82, 2.24) is 9.78 Å². The molecule has 2 saturated heterocycles. The van der Waals surface area contributed by atoms with E-state index in [2.05, 4.69) is 10.4 Å². The Labute approximate surface area is 157 Å². The predicted molar refractivity (Wildman–Crippen MR) is 98.9 cm³/mol. The third-order valence-corrected chi connectivity index (χ3v) is 4.99. The van der Waals surface area contributed by atoms with Crippen molar-refractivity contribution in [1.29, 1.82) is 0 Å². The molecule has 1 aromatic carbocycles. The molecular formula is C19H22N4O4. The van der Waals surface area contributed by atoms with Crippen LogP contribution < -0.4 is 10.2 Å². The second-order valence-electron chi connectivity index (χ2n) is 6.80. The van der Waals surface area contributed by atoms with Crippen LogP contribution in [0.4, 0.5) is 16.2 Å². The number of hydrogen-bond donors (Lipinski definition) is 1. The molecule has 142 valence electrons. The van der Waals surface area contributed by atoms with Crippen molar-refractivity contribution in [2.45, 2.75) is 25.8 Å². The predicted octanol–water partition coefficient (Wildman–Crippen LogP) is 2.29. The van der Waals surface area contributed by atoms with Crippen LogP contribution in [-0.4, -0.2) is 48.1 Å². The highest BCUT2D eigenvalue weighted by Crippen LogP contribution is 2.29. The Morgan fingerprint density at radius 3 is 3.00 bits per heavy atom. The molecule has 0 saturated carbocycles. The Morgan fingerprint density at radius 1 is 1.37 bits per heavy atom. The molecule has 0 bridgehead atoms. The summed E-state index contributed by atoms with van der Waals surface area (Å²) in [5.74, 6) is 0.192. The summed E-state index contributed by atoms with van der Waals surface area (Å²) in [5.41, 5.74) is 3.35. The van der Waals surface area contributed by atoms with Crippen LogP contribution >= 0.6 is 0 Å². The van der Waals surface area contributed by atoms with Crippen molar-refractivity contribution >= 4 is 23.4 Å². The summed E-state index contributed by atoms with van der Waals surface area (Å²) in [6.07, 6.45) is 4.34. The van der Waals surface area contributed by atoms with Gasteiger partial charge in [0.15, 0.2) is 0 Å². The van der Waals surface area contributed by atoms with Crippen LogP contribution in [0.15, 0.2) is 30.6 Å². The minimum absolute atomic E-state index is 0.128. The highest BCUT2D eigenvalue weighted by Gasteiger charge is 2.25. The van der Waals surface area contributed by atoms with Gasteiger partial charge >= 0.3 is 6.09 Å². The van der Waals surface area contributed by atoms with Gasteiger partial charge in [-0.05, 0) is 36.6 Å². The second-order valence-corrected chi connectivity index (χ2v) is 6.80. The van der Waals surface area contributed by atoms with E-state index in [-0.39, 0.29) is 18.5 Å². The number of hydrogen-bond acceptors (Lipinski definition) is 5. The first-order valence-electron chi connectivity index (χ1n) is 9.05. The fraction of sp³-hybridized carbons (Fsp3) is 0.421. The molecule has 2 aliphatic rings. The van der Waals surface area contributed by atoms with E-state index >= 15 is 0 Å². The number of anilines is 2. The molecule has 1 aromatic heterocycles. The van der Waals surface area contributed by atoms with Crippen LogP contribution in [0.2, 0.25) is 0 Å². The van der Waals surface area contributed by atoms with Gasteiger partial charge < -0.3 is 14.8 Å². The van der Waals surface area contributed by atoms with E-state index < -0.39 is 0 Å². The first-order chi connectivity index (χ1) is 13.1. The van der Waals surface area contributed by atoms with E-state index in [4.69, 9.17) is 9.47 Å². The SMILES string of the molecule is Cc1c(NC(=O)Cn2cc(C3CCOC3)cn2)cccc1N1CCOC1=O. The maximum Gasteiger partial charge on any atom is 0.414 e. The van der Waals surface area contributed by atoms with E-state index in [0.717, 1.165) is 29.8 Å². The Balaban J connectivity index is 1.43. The van der Waals surface area contributed by atoms with E-state index in [1.165, 1.54) is 0 Å². The largest absolute Gasteiger partial charge is 0.447 e. The standard InChI is InChI=1S/C19H22N4O4/c1-13-16(3-2-4-17(13)23-6-8-27-19(23)25)21-18(24)11-22-10-15(9-20-22)14-5-7-26-12-14/h2-4,9-10,14H,5-8,11-12H2,1H3,(H,21,24). The second kappa shape index (κ2) is 7.40. The summed E-state index contributed by atoms with van der Waals surface area (Å²) >= 11 is 0. The number of rotatable bonds is 5. The summed E-state index contributed by atoms with van der Waals surface area (Å²) < 4.78 is 12.0. The van der Waals surface area contributed by atoms with Gasteiger partial charge in [-0.3, -0.25) is 14.4 Å². The normalized spacial score (nSPS) is 19.4. The van der Waals surface area contributed by atoms with Crippen molar-refractivity contribution in [2.24, 2.45) is 0 Å². The van der Waals surface area contributed by atoms with Crippen LogP contribution in [0.3, 0.4) is 0 Å². The van der Waals surface area contributed by atoms with E-state index in [1.807, 2.05) is 31.3 Å². The van der Waals surface area contributed by atoms with E-state index in [1.54, 1.807) is 15.8 Å². The molecule has 1 atom stereocenters. The van der Waals surface area contributed by atoms with E-state index in [0.29, 0.717) is 31.4 Å². The molecule has 8 nitrogen and oxygen atoms in total. The van der Waals surface area contributed by atoms with Crippen molar-refractivity contribution < 1.29 is 19.1 Å². The lowest BCUT2D eigenvalue weighted by Gasteiger charge is -2.18. The molecule has 1 N–H and O–H groups in total. The topological polar surface area (TPSA) is 85.7 Å². The zero-order valence-corrected chi connectivity index (χ0v) is 15.2. The average Bonchev–Trinajstić information content (AvgIpc) is 3.38. The Kier molecular flexibility index (Phi) is 4.81. The van der Waals surface area contributed by atoms with Gasteiger partial charge in [-0.2, -0.15) is 5.10 Å². The molecule has 8 heteroatoms. The molecule has 2 aromatic rings. The molecule has 0 radical (unpaired) electrons. The van der Waals surface area contributed by atoms with Gasteiger partial charge in [-0.15, -0.1) is 0 Å². The number of ether oxygens (including phenoxy) is 2. The molecule has 0 spiro atoms. The molecule has 1 unspecified atom stereocenters. The maximum absolute atomic E-state index is 12.5. The summed E-state index contributed by atoms with van der Waals surface area (Å²) in [6, 6.07) is 5.49. The Bertz CT molecular complexity index is 857. The molecule has 0 aliphatic carbocycles. The van der Waals surface area contributed by atoms with E-state index in [9.17, 15) is 9.59 Å². The van der Waals surface area contributed by atoms with Crippen molar-refractivity contribution in [3.8, 4) is 0 Å². The lowest BCUT2D eigenvalue weighted by Crippen LogP contribution is -2.25. The van der Waals surface area contributed by atoms with Gasteiger partial charge in [0, 0.05) is 24.4 Å². The van der Waals surface area contributed by atoms with Gasteiger partial charge in [-0.25, -0.2) is 4.79 Å². The Morgan fingerprint density at radius 2 is 2.26 bits per heavy atom. The first-order valence-corrected chi connectivity index (χ1v) is 9.05. The molecule has 4 rings (SSSR count). The molecule has 2 fully saturated rings. The molecule has 2 aliphatic heterocycles. The molecule has 3 heterocycles. The number of carbonyl (C=O) groups excluding carboxylic acids is 2. The number of aromatic nitrogens is 2. The quantitative estimate of drug-likeness (QED) is 0.873. The lowest BCUT2D eigenvalue weighted by molar-refractivity contribution is -0.116. The lowest BCUT2D eigenvalue weighted by atomic mass is 10.0. The average molecular weight is 370 g/mol. The molecule has 27 heavy (non-hydrogen) atoms. The van der Waals surface area contributed by atoms with Crippen LogP contribution in [0.1, 0.15) is 23.5 Å². The van der Waals surface area contributed by atoms with Crippen LogP contribution in [0.25, 0.3) is 0 Å².